The van der Waals surface area contributed by atoms with Gasteiger partial charge in [0.2, 0.25) is 5.90 Å². The molecule has 0 saturated carbocycles. The van der Waals surface area contributed by atoms with Crippen LogP contribution in [0.3, 0.4) is 0 Å². The summed E-state index contributed by atoms with van der Waals surface area (Å²) in [6.45, 7) is 4.62. The van der Waals surface area contributed by atoms with Crippen molar-refractivity contribution in [2.24, 2.45) is 10.1 Å². The summed E-state index contributed by atoms with van der Waals surface area (Å²) in [5, 5.41) is 15.8. The largest absolute Gasteiger partial charge is 0.497 e. The van der Waals surface area contributed by atoms with E-state index in [0.717, 1.165) is 5.56 Å². The molecular formula is C32H35N5O6. The van der Waals surface area contributed by atoms with E-state index < -0.39 is 11.6 Å². The van der Waals surface area contributed by atoms with Crippen LogP contribution in [0.25, 0.3) is 10.4 Å². The van der Waals surface area contributed by atoms with Crippen molar-refractivity contribution in [3.8, 4) is 17.2 Å². The number of nitrogens with zero attached hydrogens (tertiary/aromatic N) is 4. The zero-order chi connectivity index (χ0) is 30.7. The highest BCUT2D eigenvalue weighted by Gasteiger charge is 2.52. The number of aliphatic hydroxyl groups is 1. The Hall–Kier alpha value is -4.99. The second-order valence-electron chi connectivity index (χ2n) is 9.77. The maximum atomic E-state index is 14.2. The van der Waals surface area contributed by atoms with Gasteiger partial charge in [-0.1, -0.05) is 35.5 Å². The maximum Gasteiger partial charge on any atom is 0.252 e. The van der Waals surface area contributed by atoms with Gasteiger partial charge >= 0.3 is 0 Å². The number of aliphatic imine (C=N–C) groups is 1. The Bertz CT molecular complexity index is 1480. The molecule has 2 atom stereocenters. The van der Waals surface area contributed by atoms with E-state index in [9.17, 15) is 4.79 Å². The minimum absolute atomic E-state index is 0.0457. The number of ether oxygens (including phenoxy) is 4. The average Bonchev–Trinajstić information content (AvgIpc) is 3.43. The quantitative estimate of drug-likeness (QED) is 0.0800. The maximum absolute atomic E-state index is 14.2. The lowest BCUT2D eigenvalue weighted by molar-refractivity contribution is -0.129. The van der Waals surface area contributed by atoms with Crippen molar-refractivity contribution in [2.75, 3.05) is 27.4 Å². The molecule has 3 aromatic carbocycles. The molecule has 0 spiro atoms. The van der Waals surface area contributed by atoms with Crippen molar-refractivity contribution in [1.29, 1.82) is 0 Å². The van der Waals surface area contributed by atoms with Crippen LogP contribution >= 0.6 is 0 Å². The Kier molecular flexibility index (Phi) is 10.6. The zero-order valence-corrected chi connectivity index (χ0v) is 24.2. The lowest BCUT2D eigenvalue weighted by Crippen LogP contribution is -2.48. The van der Waals surface area contributed by atoms with Crippen LogP contribution in [0, 0.1) is 0 Å². The second-order valence-corrected chi connectivity index (χ2v) is 9.77. The third-order valence-corrected chi connectivity index (χ3v) is 6.99. The van der Waals surface area contributed by atoms with Crippen LogP contribution in [-0.2, 0) is 22.6 Å². The summed E-state index contributed by atoms with van der Waals surface area (Å²) >= 11 is 0. The van der Waals surface area contributed by atoms with Gasteiger partial charge < -0.3 is 29.4 Å². The van der Waals surface area contributed by atoms with E-state index in [2.05, 4.69) is 21.9 Å². The molecule has 1 aliphatic heterocycles. The van der Waals surface area contributed by atoms with Crippen molar-refractivity contribution in [1.82, 2.24) is 5.32 Å². The molecule has 0 saturated heterocycles. The molecule has 1 heterocycles. The number of hydrogen-bond donors (Lipinski definition) is 2. The molecule has 11 nitrogen and oxygen atoms in total. The second kappa shape index (κ2) is 14.8. The summed E-state index contributed by atoms with van der Waals surface area (Å²) < 4.78 is 22.9. The number of carbonyl (C=O) groups is 1. The summed E-state index contributed by atoms with van der Waals surface area (Å²) in [4.78, 5) is 22.0. The number of nitrogens with one attached hydrogen (secondary N) is 1. The molecule has 0 fully saturated rings. The van der Waals surface area contributed by atoms with Crippen molar-refractivity contribution < 1.29 is 28.8 Å². The molecule has 0 unspecified atom stereocenters. The van der Waals surface area contributed by atoms with Gasteiger partial charge in [-0.2, -0.15) is 0 Å². The third-order valence-electron chi connectivity index (χ3n) is 6.99. The van der Waals surface area contributed by atoms with E-state index in [0.29, 0.717) is 47.0 Å². The number of rotatable bonds is 15. The van der Waals surface area contributed by atoms with Gasteiger partial charge in [-0.3, -0.25) is 4.79 Å². The van der Waals surface area contributed by atoms with Crippen molar-refractivity contribution in [3.05, 3.63) is 112 Å². The molecule has 2 N–H and O–H groups in total. The Morgan fingerprint density at radius 1 is 1.14 bits per heavy atom. The first-order valence-corrected chi connectivity index (χ1v) is 13.8. The first kappa shape index (κ1) is 31.0. The highest BCUT2D eigenvalue weighted by molar-refractivity contribution is 6.01. The number of methoxy groups -OCH3 is 2. The van der Waals surface area contributed by atoms with E-state index in [1.54, 1.807) is 50.6 Å². The van der Waals surface area contributed by atoms with Crippen LogP contribution in [-0.4, -0.2) is 49.9 Å². The van der Waals surface area contributed by atoms with Gasteiger partial charge in [0.05, 0.1) is 27.4 Å². The minimum Gasteiger partial charge on any atom is -0.497 e. The number of amides is 1. The summed E-state index contributed by atoms with van der Waals surface area (Å²) in [7, 11) is 3.13. The van der Waals surface area contributed by atoms with Gasteiger partial charge in [0.25, 0.3) is 5.91 Å². The molecule has 224 valence electrons. The normalized spacial score (nSPS) is 17.2. The van der Waals surface area contributed by atoms with Gasteiger partial charge in [-0.25, -0.2) is 4.99 Å². The van der Waals surface area contributed by atoms with Crippen LogP contribution in [0.2, 0.25) is 0 Å². The smallest absolute Gasteiger partial charge is 0.252 e. The van der Waals surface area contributed by atoms with Crippen molar-refractivity contribution in [3.63, 3.8) is 0 Å². The Morgan fingerprint density at radius 2 is 1.86 bits per heavy atom. The van der Waals surface area contributed by atoms with Gasteiger partial charge in [-0.15, -0.1) is 6.58 Å². The first-order valence-electron chi connectivity index (χ1n) is 13.8. The predicted molar refractivity (Wildman–Crippen MR) is 162 cm³/mol. The van der Waals surface area contributed by atoms with Crippen LogP contribution in [0.15, 0.2) is 89.5 Å². The number of carbonyl (C=O) groups excluding carboxylic acids is 1. The lowest BCUT2D eigenvalue weighted by atomic mass is 9.82. The summed E-state index contributed by atoms with van der Waals surface area (Å²) in [5.74, 6) is 1.75. The molecule has 11 heteroatoms. The number of hydrogen-bond acceptors (Lipinski definition) is 8. The molecule has 0 bridgehead atoms. The molecule has 43 heavy (non-hydrogen) atoms. The van der Waals surface area contributed by atoms with E-state index >= 15 is 0 Å². The average molecular weight is 586 g/mol. The predicted octanol–water partition coefficient (Wildman–Crippen LogP) is 5.42. The van der Waals surface area contributed by atoms with Crippen LogP contribution in [0.1, 0.15) is 41.2 Å². The lowest BCUT2D eigenvalue weighted by Gasteiger charge is -2.30. The molecule has 4 rings (SSSR count). The molecule has 1 aliphatic rings. The van der Waals surface area contributed by atoms with Crippen LogP contribution in [0.4, 0.5) is 0 Å². The minimum atomic E-state index is -1.41. The Morgan fingerprint density at radius 3 is 2.51 bits per heavy atom. The fourth-order valence-corrected chi connectivity index (χ4v) is 4.86. The van der Waals surface area contributed by atoms with Crippen LogP contribution in [0.5, 0.6) is 17.2 Å². The topological polar surface area (TPSA) is 147 Å². The summed E-state index contributed by atoms with van der Waals surface area (Å²) in [5.41, 5.74) is 10.4. The summed E-state index contributed by atoms with van der Waals surface area (Å²) in [6.07, 6.45) is 1.50. The molecule has 0 aromatic heterocycles. The highest BCUT2D eigenvalue weighted by atomic mass is 16.5. The number of benzene rings is 3. The number of azide groups is 1. The van der Waals surface area contributed by atoms with Crippen molar-refractivity contribution in [2.45, 2.75) is 37.6 Å². The first-order chi connectivity index (χ1) is 21.0. The molecular weight excluding hydrogens is 550 g/mol. The molecule has 3 aromatic rings. The third kappa shape index (κ3) is 7.27. The van der Waals surface area contributed by atoms with Gasteiger partial charge in [0.15, 0.2) is 11.6 Å². The van der Waals surface area contributed by atoms with E-state index in [1.165, 1.54) is 0 Å². The summed E-state index contributed by atoms with van der Waals surface area (Å²) in [6, 6.07) is 19.9. The van der Waals surface area contributed by atoms with E-state index in [1.807, 2.05) is 36.4 Å². The monoisotopic (exact) mass is 585 g/mol. The SMILES string of the molecule is C=CC[C@@]1(C(=O)NCc2cc(OC)cc(OC)c2)N=C(c2ccc(OCCCO)cc2)O[C@@H]1c1ccccc1CN=[N+]=[N-]. The Balaban J connectivity index is 1.73. The van der Waals surface area contributed by atoms with Gasteiger partial charge in [0, 0.05) is 42.5 Å². The van der Waals surface area contributed by atoms with E-state index in [4.69, 9.17) is 34.6 Å². The standard InChI is InChI=1S/C32H35N5O6/c1-4-14-32(31(39)34-20-22-17-26(40-2)19-27(18-22)41-3)29(28-9-6-5-8-24(28)21-35-37-33)43-30(36-32)23-10-12-25(13-11-23)42-16-7-15-38/h4-6,8-13,17-19,29,38H,1,7,14-16,20-21H2,2-3H3,(H,34,39)/t29-,32-/m1/s1. The fraction of sp³-hybridized carbons (Fsp3) is 0.312. The molecule has 0 aliphatic carbocycles. The Labute approximate surface area is 250 Å². The van der Waals surface area contributed by atoms with Crippen molar-refractivity contribution >= 4 is 11.8 Å². The molecule has 1 amide bonds. The van der Waals surface area contributed by atoms with E-state index in [-0.39, 0.29) is 37.9 Å². The van der Waals surface area contributed by atoms with Crippen LogP contribution < -0.4 is 19.5 Å². The zero-order valence-electron chi connectivity index (χ0n) is 24.2. The molecule has 0 radical (unpaired) electrons. The van der Waals surface area contributed by atoms with Gasteiger partial charge in [0.1, 0.15) is 17.2 Å². The number of aliphatic hydroxyl groups excluding tert-OH is 1. The fourth-order valence-electron chi connectivity index (χ4n) is 4.86. The van der Waals surface area contributed by atoms with Gasteiger partial charge in [-0.05, 0) is 58.6 Å². The highest BCUT2D eigenvalue weighted by Crippen LogP contribution is 2.44.